The first kappa shape index (κ1) is 18.6. The van der Waals surface area contributed by atoms with Crippen LogP contribution in [-0.2, 0) is 9.59 Å². The molecule has 24 heavy (non-hydrogen) atoms. The fraction of sp³-hybridized carbons (Fsp3) is 0.267. The minimum atomic E-state index is -1.09. The number of aromatic hydroxyl groups is 2. The first-order chi connectivity index (χ1) is 11.3. The molecule has 128 valence electrons. The van der Waals surface area contributed by atoms with Crippen LogP contribution >= 0.6 is 35.7 Å². The van der Waals surface area contributed by atoms with Crippen molar-refractivity contribution in [3.05, 3.63) is 28.7 Å². The van der Waals surface area contributed by atoms with Crippen LogP contribution in [0.4, 0.5) is 0 Å². The van der Waals surface area contributed by atoms with Crippen LogP contribution in [0, 0.1) is 0 Å². The summed E-state index contributed by atoms with van der Waals surface area (Å²) in [5.74, 6) is -1.53. The molecule has 1 atom stereocenters. The Hall–Kier alpha value is -1.71. The van der Waals surface area contributed by atoms with Crippen LogP contribution in [0.1, 0.15) is 12.0 Å². The monoisotopic (exact) mass is 385 g/mol. The fourth-order valence-corrected chi connectivity index (χ4v) is 3.94. The number of hydrogen-bond acceptors (Lipinski definition) is 7. The van der Waals surface area contributed by atoms with E-state index in [2.05, 4.69) is 0 Å². The zero-order chi connectivity index (χ0) is 17.9. The zero-order valence-electron chi connectivity index (χ0n) is 12.6. The topological polar surface area (TPSA) is 98.1 Å². The highest BCUT2D eigenvalue weighted by atomic mass is 32.2. The van der Waals surface area contributed by atoms with Gasteiger partial charge in [-0.2, -0.15) is 11.8 Å². The molecule has 1 amide bonds. The average Bonchev–Trinajstić information content (AvgIpc) is 2.78. The molecule has 1 heterocycles. The van der Waals surface area contributed by atoms with E-state index in [-0.39, 0.29) is 20.7 Å². The molecule has 1 aromatic carbocycles. The van der Waals surface area contributed by atoms with Gasteiger partial charge in [-0.15, -0.1) is 0 Å². The van der Waals surface area contributed by atoms with E-state index in [0.29, 0.717) is 17.7 Å². The summed E-state index contributed by atoms with van der Waals surface area (Å²) in [5, 5.41) is 28.2. The van der Waals surface area contributed by atoms with Crippen LogP contribution in [0.25, 0.3) is 6.08 Å². The molecule has 1 fully saturated rings. The van der Waals surface area contributed by atoms with Crippen molar-refractivity contribution < 1.29 is 24.9 Å². The number of rotatable bonds is 6. The Kier molecular flexibility index (Phi) is 6.14. The summed E-state index contributed by atoms with van der Waals surface area (Å²) in [6.07, 6.45) is 3.67. The molecule has 1 aliphatic heterocycles. The van der Waals surface area contributed by atoms with Gasteiger partial charge in [0.1, 0.15) is 10.4 Å². The summed E-state index contributed by atoms with van der Waals surface area (Å²) in [7, 11) is 0. The maximum atomic E-state index is 12.5. The van der Waals surface area contributed by atoms with Crippen molar-refractivity contribution in [2.45, 2.75) is 12.5 Å². The maximum Gasteiger partial charge on any atom is 0.326 e. The van der Waals surface area contributed by atoms with E-state index in [1.165, 1.54) is 36.0 Å². The first-order valence-corrected chi connectivity index (χ1v) is 9.47. The molecule has 6 nitrogen and oxygen atoms in total. The summed E-state index contributed by atoms with van der Waals surface area (Å²) in [6, 6.07) is 3.15. The molecule has 0 radical (unpaired) electrons. The van der Waals surface area contributed by atoms with Crippen LogP contribution in [0.5, 0.6) is 11.5 Å². The summed E-state index contributed by atoms with van der Waals surface area (Å²) >= 11 is 7.69. The van der Waals surface area contributed by atoms with Gasteiger partial charge in [-0.05, 0) is 42.2 Å². The van der Waals surface area contributed by atoms with Crippen molar-refractivity contribution in [1.29, 1.82) is 0 Å². The van der Waals surface area contributed by atoms with Gasteiger partial charge in [0.05, 0.1) is 4.91 Å². The van der Waals surface area contributed by atoms with E-state index in [4.69, 9.17) is 12.2 Å². The van der Waals surface area contributed by atoms with Gasteiger partial charge in [0, 0.05) is 0 Å². The van der Waals surface area contributed by atoms with Crippen LogP contribution in [0.3, 0.4) is 0 Å². The number of thioether (sulfide) groups is 2. The van der Waals surface area contributed by atoms with Gasteiger partial charge in [-0.25, -0.2) is 4.79 Å². The van der Waals surface area contributed by atoms with Crippen molar-refractivity contribution in [2.24, 2.45) is 0 Å². The number of phenols is 2. The molecule has 1 aliphatic rings. The highest BCUT2D eigenvalue weighted by Gasteiger charge is 2.40. The molecule has 0 aliphatic carbocycles. The molecule has 0 aromatic heterocycles. The van der Waals surface area contributed by atoms with Gasteiger partial charge < -0.3 is 15.3 Å². The second kappa shape index (κ2) is 7.91. The largest absolute Gasteiger partial charge is 0.504 e. The zero-order valence-corrected chi connectivity index (χ0v) is 15.1. The Labute approximate surface area is 152 Å². The third kappa shape index (κ3) is 4.03. The molecule has 1 unspecified atom stereocenters. The molecule has 0 saturated carbocycles. The second-order valence-corrected chi connectivity index (χ2v) is 7.60. The number of nitrogens with zero attached hydrogens (tertiary/aromatic N) is 1. The number of amides is 1. The van der Waals surface area contributed by atoms with Crippen LogP contribution in [0.15, 0.2) is 23.1 Å². The molecule has 1 aromatic rings. The SMILES string of the molecule is CSCCC(C(=O)O)N1C(=O)C(=Cc2ccc(O)c(O)c2)SC1=S. The third-order valence-electron chi connectivity index (χ3n) is 3.31. The normalized spacial score (nSPS) is 17.5. The van der Waals surface area contributed by atoms with E-state index in [1.54, 1.807) is 0 Å². The molecule has 2 rings (SSSR count). The summed E-state index contributed by atoms with van der Waals surface area (Å²) in [5.41, 5.74) is 0.502. The van der Waals surface area contributed by atoms with E-state index in [1.807, 2.05) is 6.26 Å². The number of aliphatic carboxylic acids is 1. The highest BCUT2D eigenvalue weighted by Crippen LogP contribution is 2.36. The Morgan fingerprint density at radius 1 is 1.42 bits per heavy atom. The molecular formula is C15H15NO5S3. The number of carbonyl (C=O) groups is 2. The minimum Gasteiger partial charge on any atom is -0.504 e. The number of phenolic OH excluding ortho intramolecular Hbond substituents is 2. The average molecular weight is 385 g/mol. The van der Waals surface area contributed by atoms with Gasteiger partial charge >= 0.3 is 5.97 Å². The van der Waals surface area contributed by atoms with Gasteiger partial charge in [0.2, 0.25) is 0 Å². The molecule has 3 N–H and O–H groups in total. The van der Waals surface area contributed by atoms with Crippen molar-refractivity contribution in [2.75, 3.05) is 12.0 Å². The number of carbonyl (C=O) groups excluding carboxylic acids is 1. The Bertz CT molecular complexity index is 719. The first-order valence-electron chi connectivity index (χ1n) is 6.86. The molecule has 0 bridgehead atoms. The molecule has 0 spiro atoms. The van der Waals surface area contributed by atoms with E-state index in [9.17, 15) is 24.9 Å². The van der Waals surface area contributed by atoms with Gasteiger partial charge in [-0.3, -0.25) is 9.69 Å². The number of benzene rings is 1. The van der Waals surface area contributed by atoms with Gasteiger partial charge in [0.15, 0.2) is 11.5 Å². The Balaban J connectivity index is 2.28. The Morgan fingerprint density at radius 3 is 2.71 bits per heavy atom. The molecular weight excluding hydrogens is 370 g/mol. The molecule has 1 saturated heterocycles. The number of hydrogen-bond donors (Lipinski definition) is 3. The van der Waals surface area contributed by atoms with Crippen LogP contribution < -0.4 is 0 Å². The predicted octanol–water partition coefficient (Wildman–Crippen LogP) is 2.51. The van der Waals surface area contributed by atoms with Crippen molar-refractivity contribution >= 4 is 58.0 Å². The summed E-state index contributed by atoms with van der Waals surface area (Å²) in [4.78, 5) is 25.4. The van der Waals surface area contributed by atoms with Crippen molar-refractivity contribution in [3.63, 3.8) is 0 Å². The summed E-state index contributed by atoms with van der Waals surface area (Å²) in [6.45, 7) is 0. The fourth-order valence-electron chi connectivity index (χ4n) is 2.12. The van der Waals surface area contributed by atoms with Gasteiger partial charge in [0.25, 0.3) is 5.91 Å². The van der Waals surface area contributed by atoms with E-state index < -0.39 is 17.9 Å². The lowest BCUT2D eigenvalue weighted by Crippen LogP contribution is -2.44. The minimum absolute atomic E-state index is 0.197. The lowest BCUT2D eigenvalue weighted by Gasteiger charge is -2.22. The highest BCUT2D eigenvalue weighted by molar-refractivity contribution is 8.26. The predicted molar refractivity (Wildman–Crippen MR) is 99.2 cm³/mol. The second-order valence-electron chi connectivity index (χ2n) is 4.94. The lowest BCUT2D eigenvalue weighted by atomic mass is 10.1. The Morgan fingerprint density at radius 2 is 2.12 bits per heavy atom. The lowest BCUT2D eigenvalue weighted by molar-refractivity contribution is -0.145. The smallest absolute Gasteiger partial charge is 0.326 e. The summed E-state index contributed by atoms with van der Waals surface area (Å²) < 4.78 is 0.197. The van der Waals surface area contributed by atoms with Gasteiger partial charge in [-0.1, -0.05) is 30.0 Å². The third-order valence-corrected chi connectivity index (χ3v) is 5.29. The number of thiocarbonyl (C=S) groups is 1. The van der Waals surface area contributed by atoms with Crippen LogP contribution in [-0.4, -0.2) is 54.5 Å². The van der Waals surface area contributed by atoms with E-state index in [0.717, 1.165) is 16.7 Å². The quantitative estimate of drug-likeness (QED) is 0.390. The standard InChI is InChI=1S/C15H15NO5S3/c1-23-5-4-9(14(20)21)16-13(19)12(24-15(16)22)7-8-2-3-10(17)11(18)6-8/h2-3,6-7,9,17-18H,4-5H2,1H3,(H,20,21). The number of carboxylic acid groups (broad SMARTS) is 1. The van der Waals surface area contributed by atoms with Crippen molar-refractivity contribution in [3.8, 4) is 11.5 Å². The van der Waals surface area contributed by atoms with Crippen molar-refractivity contribution in [1.82, 2.24) is 4.90 Å². The maximum absolute atomic E-state index is 12.5. The van der Waals surface area contributed by atoms with E-state index >= 15 is 0 Å². The number of carboxylic acids is 1. The molecule has 9 heteroatoms. The van der Waals surface area contributed by atoms with Crippen LogP contribution in [0.2, 0.25) is 0 Å².